The van der Waals surface area contributed by atoms with E-state index in [9.17, 15) is 19.2 Å². The summed E-state index contributed by atoms with van der Waals surface area (Å²) in [6.07, 6.45) is 0.530. The van der Waals surface area contributed by atoms with Crippen molar-refractivity contribution in [2.75, 3.05) is 31.1 Å². The van der Waals surface area contributed by atoms with Gasteiger partial charge in [-0.25, -0.2) is 9.18 Å². The van der Waals surface area contributed by atoms with Crippen LogP contribution in [0.5, 0.6) is 0 Å². The number of rotatable bonds is 5. The lowest BCUT2D eigenvalue weighted by molar-refractivity contribution is -0.119. The summed E-state index contributed by atoms with van der Waals surface area (Å²) in [5, 5.41) is 15.6. The molecular weight excluding hydrogens is 413 g/mol. The molecule has 32 heavy (non-hydrogen) atoms. The Morgan fingerprint density at radius 2 is 2.16 bits per heavy atom. The summed E-state index contributed by atoms with van der Waals surface area (Å²) in [7, 11) is 0. The van der Waals surface area contributed by atoms with Gasteiger partial charge >= 0.3 is 6.09 Å². The van der Waals surface area contributed by atoms with E-state index in [0.29, 0.717) is 16.8 Å². The Kier molecular flexibility index (Phi) is 4.82. The van der Waals surface area contributed by atoms with E-state index in [1.165, 1.54) is 17.9 Å². The highest BCUT2D eigenvalue weighted by atomic mass is 19.1. The number of nitriles is 1. The first-order valence-electron chi connectivity index (χ1n) is 10.5. The summed E-state index contributed by atoms with van der Waals surface area (Å²) < 4.78 is 20.2. The van der Waals surface area contributed by atoms with Gasteiger partial charge in [-0.05, 0) is 24.3 Å². The number of carbonyl (C=O) groups is 2. The van der Waals surface area contributed by atoms with Crippen molar-refractivity contribution in [3.63, 3.8) is 0 Å². The fraction of sp³-hybridized carbons (Fsp3) is 0.391. The average Bonchev–Trinajstić information content (AvgIpc) is 3.09. The van der Waals surface area contributed by atoms with Crippen LogP contribution in [0.3, 0.4) is 0 Å². The van der Waals surface area contributed by atoms with E-state index in [0.717, 1.165) is 18.8 Å². The largest absolute Gasteiger partial charge is 0.442 e. The standard InChI is InChI=1S/C23H22FN5O3/c1-13(30)27-8-16-11-29(22(31)32-16)15-3-4-17(20(24)6-15)14-2-5-21(28-7-14)23(12-25)18-9-26-10-19(18)23/h2-7,16,18-19,26H,8-11H2,1H3,(H,27,30)/t16-,18?,19?,23?/m0/s1. The van der Waals surface area contributed by atoms with Gasteiger partial charge in [-0.15, -0.1) is 0 Å². The summed E-state index contributed by atoms with van der Waals surface area (Å²) >= 11 is 0. The first kappa shape index (κ1) is 20.4. The molecule has 2 N–H and O–H groups in total. The van der Waals surface area contributed by atoms with Crippen molar-refractivity contribution in [3.05, 3.63) is 48.0 Å². The summed E-state index contributed by atoms with van der Waals surface area (Å²) in [5.74, 6) is -0.123. The zero-order valence-corrected chi connectivity index (χ0v) is 17.5. The summed E-state index contributed by atoms with van der Waals surface area (Å²) in [5.41, 5.74) is 1.55. The number of nitrogens with one attached hydrogen (secondary N) is 2. The second-order valence-electron chi connectivity index (χ2n) is 8.50. The molecule has 2 aliphatic heterocycles. The van der Waals surface area contributed by atoms with E-state index in [4.69, 9.17) is 4.74 Å². The molecule has 2 unspecified atom stereocenters. The van der Waals surface area contributed by atoms with Crippen LogP contribution in [-0.4, -0.2) is 49.3 Å². The van der Waals surface area contributed by atoms with Crippen LogP contribution in [0.4, 0.5) is 14.9 Å². The number of fused-ring (bicyclic) bond motifs is 1. The molecule has 1 saturated carbocycles. The maximum Gasteiger partial charge on any atom is 0.414 e. The third kappa shape index (κ3) is 3.19. The molecule has 8 nitrogen and oxygen atoms in total. The van der Waals surface area contributed by atoms with Crippen molar-refractivity contribution >= 4 is 17.7 Å². The van der Waals surface area contributed by atoms with Crippen molar-refractivity contribution in [2.24, 2.45) is 11.8 Å². The van der Waals surface area contributed by atoms with Gasteiger partial charge in [-0.2, -0.15) is 5.26 Å². The van der Waals surface area contributed by atoms with Gasteiger partial charge in [0.15, 0.2) is 0 Å². The van der Waals surface area contributed by atoms with Crippen LogP contribution >= 0.6 is 0 Å². The molecule has 2 amide bonds. The molecule has 3 atom stereocenters. The number of cyclic esters (lactones) is 1. The summed E-state index contributed by atoms with van der Waals surface area (Å²) in [4.78, 5) is 29.1. The highest BCUT2D eigenvalue weighted by molar-refractivity contribution is 5.90. The molecule has 9 heteroatoms. The predicted octanol–water partition coefficient (Wildman–Crippen LogP) is 1.96. The van der Waals surface area contributed by atoms with E-state index >= 15 is 0 Å². The summed E-state index contributed by atoms with van der Waals surface area (Å²) in [6, 6.07) is 10.6. The zero-order chi connectivity index (χ0) is 22.5. The number of anilines is 1. The van der Waals surface area contributed by atoms with Crippen molar-refractivity contribution in [1.82, 2.24) is 15.6 Å². The molecule has 5 rings (SSSR count). The SMILES string of the molecule is CC(=O)NC[C@H]1CN(c2ccc(-c3ccc(C4(C#N)C5CNCC54)nc3)c(F)c2)C(=O)O1. The third-order valence-corrected chi connectivity index (χ3v) is 6.68. The number of piperidine rings is 1. The topological polar surface area (TPSA) is 107 Å². The van der Waals surface area contributed by atoms with Crippen molar-refractivity contribution in [3.8, 4) is 17.2 Å². The van der Waals surface area contributed by atoms with Gasteiger partial charge < -0.3 is 15.4 Å². The predicted molar refractivity (Wildman–Crippen MR) is 113 cm³/mol. The van der Waals surface area contributed by atoms with Crippen molar-refractivity contribution in [2.45, 2.75) is 18.4 Å². The Morgan fingerprint density at radius 3 is 2.78 bits per heavy atom. The van der Waals surface area contributed by atoms with Gasteiger partial charge in [0.25, 0.3) is 0 Å². The van der Waals surface area contributed by atoms with Gasteiger partial charge in [-0.3, -0.25) is 14.7 Å². The Hall–Kier alpha value is -3.51. The summed E-state index contributed by atoms with van der Waals surface area (Å²) in [6.45, 7) is 3.46. The number of benzene rings is 1. The Labute approximate surface area is 184 Å². The maximum atomic E-state index is 14.9. The lowest BCUT2D eigenvalue weighted by atomic mass is 9.96. The molecule has 3 fully saturated rings. The Morgan fingerprint density at radius 1 is 1.38 bits per heavy atom. The Bertz CT molecular complexity index is 1120. The monoisotopic (exact) mass is 435 g/mol. The van der Waals surface area contributed by atoms with Crippen molar-refractivity contribution in [1.29, 1.82) is 5.26 Å². The molecule has 0 radical (unpaired) electrons. The molecule has 2 aromatic rings. The second-order valence-corrected chi connectivity index (χ2v) is 8.50. The lowest BCUT2D eigenvalue weighted by Crippen LogP contribution is -2.33. The first-order chi connectivity index (χ1) is 15.4. The molecule has 1 aliphatic carbocycles. The molecule has 0 bridgehead atoms. The van der Waals surface area contributed by atoms with E-state index in [1.807, 2.05) is 6.07 Å². The molecule has 2 saturated heterocycles. The normalized spacial score (nSPS) is 28.1. The van der Waals surface area contributed by atoms with Crippen LogP contribution in [0.2, 0.25) is 0 Å². The number of amides is 2. The van der Waals surface area contributed by atoms with Crippen LogP contribution in [0.25, 0.3) is 11.1 Å². The average molecular weight is 435 g/mol. The highest BCUT2D eigenvalue weighted by Crippen LogP contribution is 2.60. The molecule has 3 aliphatic rings. The fourth-order valence-electron chi connectivity index (χ4n) is 4.94. The number of carbonyl (C=O) groups excluding carboxylic acids is 2. The fourth-order valence-corrected chi connectivity index (χ4v) is 4.94. The van der Waals surface area contributed by atoms with Gasteiger partial charge in [0, 0.05) is 49.2 Å². The van der Waals surface area contributed by atoms with E-state index in [2.05, 4.69) is 21.7 Å². The van der Waals surface area contributed by atoms with Crippen LogP contribution in [0.15, 0.2) is 36.5 Å². The quantitative estimate of drug-likeness (QED) is 0.744. The smallest absolute Gasteiger partial charge is 0.414 e. The van der Waals surface area contributed by atoms with Crippen LogP contribution < -0.4 is 15.5 Å². The third-order valence-electron chi connectivity index (χ3n) is 6.68. The first-order valence-corrected chi connectivity index (χ1v) is 10.5. The van der Waals surface area contributed by atoms with Gasteiger partial charge in [0.05, 0.1) is 30.5 Å². The van der Waals surface area contributed by atoms with Crippen LogP contribution in [0, 0.1) is 29.0 Å². The minimum atomic E-state index is -0.579. The molecular formula is C23H22FN5O3. The molecule has 164 valence electrons. The van der Waals surface area contributed by atoms with Crippen LogP contribution in [-0.2, 0) is 14.9 Å². The van der Waals surface area contributed by atoms with Gasteiger partial charge in [-0.1, -0.05) is 6.07 Å². The minimum Gasteiger partial charge on any atom is -0.442 e. The van der Waals surface area contributed by atoms with Crippen molar-refractivity contribution < 1.29 is 18.7 Å². The number of ether oxygens (including phenoxy) is 1. The highest BCUT2D eigenvalue weighted by Gasteiger charge is 2.69. The number of aromatic nitrogens is 1. The lowest BCUT2D eigenvalue weighted by Gasteiger charge is -2.15. The maximum absolute atomic E-state index is 14.9. The van der Waals surface area contributed by atoms with E-state index in [1.54, 1.807) is 24.4 Å². The number of hydrogen-bond donors (Lipinski definition) is 2. The number of nitrogens with zero attached hydrogens (tertiary/aromatic N) is 3. The Balaban J connectivity index is 1.32. The molecule has 1 aromatic carbocycles. The minimum absolute atomic E-state index is 0.206. The van der Waals surface area contributed by atoms with E-state index < -0.39 is 23.4 Å². The molecule has 0 spiro atoms. The van der Waals surface area contributed by atoms with Gasteiger partial charge in [0.1, 0.15) is 17.3 Å². The molecule has 1 aromatic heterocycles. The van der Waals surface area contributed by atoms with E-state index in [-0.39, 0.29) is 30.8 Å². The second kappa shape index (κ2) is 7.57. The number of pyridine rings is 1. The number of hydrogen-bond acceptors (Lipinski definition) is 6. The number of halogens is 1. The molecule has 3 heterocycles. The van der Waals surface area contributed by atoms with Gasteiger partial charge in [0.2, 0.25) is 5.91 Å². The van der Waals surface area contributed by atoms with Crippen LogP contribution in [0.1, 0.15) is 12.6 Å². The zero-order valence-electron chi connectivity index (χ0n) is 17.5.